The Morgan fingerprint density at radius 1 is 0.926 bits per heavy atom. The first-order chi connectivity index (χ1) is 13.2. The van der Waals surface area contributed by atoms with Crippen molar-refractivity contribution in [3.8, 4) is 16.9 Å². The molecule has 0 spiro atoms. The highest BCUT2D eigenvalue weighted by atomic mass is 16.5. The molecule has 2 atom stereocenters. The van der Waals surface area contributed by atoms with E-state index in [9.17, 15) is 5.11 Å². The zero-order valence-electron chi connectivity index (χ0n) is 15.6. The van der Waals surface area contributed by atoms with E-state index < -0.39 is 6.10 Å². The molecule has 27 heavy (non-hydrogen) atoms. The lowest BCUT2D eigenvalue weighted by Gasteiger charge is -2.27. The van der Waals surface area contributed by atoms with Crippen LogP contribution in [-0.2, 0) is 6.42 Å². The van der Waals surface area contributed by atoms with Crippen LogP contribution >= 0.6 is 0 Å². The largest absolute Gasteiger partial charge is 0.491 e. The summed E-state index contributed by atoms with van der Waals surface area (Å²) in [6, 6.07) is 27.1. The number of aliphatic hydroxyl groups excluding tert-OH is 1. The van der Waals surface area contributed by atoms with Gasteiger partial charge in [-0.2, -0.15) is 0 Å². The molecule has 0 aliphatic carbocycles. The van der Waals surface area contributed by atoms with Crippen molar-refractivity contribution in [1.29, 1.82) is 0 Å². The van der Waals surface area contributed by atoms with E-state index in [1.807, 2.05) is 30.3 Å². The van der Waals surface area contributed by atoms with Crippen molar-refractivity contribution < 1.29 is 9.84 Å². The summed E-state index contributed by atoms with van der Waals surface area (Å²) in [6.07, 6.45) is 0.498. The van der Waals surface area contributed by atoms with Crippen LogP contribution in [0.3, 0.4) is 0 Å². The summed E-state index contributed by atoms with van der Waals surface area (Å²) in [5, 5.41) is 10.5. The Morgan fingerprint density at radius 2 is 1.59 bits per heavy atom. The van der Waals surface area contributed by atoms with Gasteiger partial charge in [0.15, 0.2) is 0 Å². The predicted octanol–water partition coefficient (Wildman–Crippen LogP) is 4.54. The minimum absolute atomic E-state index is 0.288. The molecule has 138 valence electrons. The molecule has 0 aromatic heterocycles. The number of benzene rings is 3. The van der Waals surface area contributed by atoms with Crippen LogP contribution in [0, 0.1) is 0 Å². The number of anilines is 1. The van der Waals surface area contributed by atoms with Gasteiger partial charge < -0.3 is 14.7 Å². The topological polar surface area (TPSA) is 32.7 Å². The smallest absolute Gasteiger partial charge is 0.119 e. The van der Waals surface area contributed by atoms with E-state index in [4.69, 9.17) is 4.74 Å². The summed E-state index contributed by atoms with van der Waals surface area (Å²) in [4.78, 5) is 2.28. The minimum Gasteiger partial charge on any atom is -0.491 e. The number of rotatable bonds is 6. The highest BCUT2D eigenvalue weighted by Gasteiger charge is 2.27. The zero-order chi connectivity index (χ0) is 18.6. The van der Waals surface area contributed by atoms with Crippen LogP contribution in [0.4, 0.5) is 5.69 Å². The molecule has 1 aliphatic rings. The Labute approximate surface area is 160 Å². The van der Waals surface area contributed by atoms with Gasteiger partial charge in [-0.15, -0.1) is 0 Å². The molecule has 3 heteroatoms. The molecule has 4 rings (SSSR count). The second-order valence-corrected chi connectivity index (χ2v) is 7.19. The van der Waals surface area contributed by atoms with Gasteiger partial charge in [-0.3, -0.25) is 0 Å². The third-order valence-corrected chi connectivity index (χ3v) is 5.16. The van der Waals surface area contributed by atoms with E-state index in [0.717, 1.165) is 17.7 Å². The standard InChI is InChI=1S/C24H25NO2/c1-18-15-21-9-5-6-10-24(21)25(18)16-22(26)17-27-23-13-11-20(12-14-23)19-7-3-2-4-8-19/h2-14,18,22,26H,15-17H2,1H3/t18-,22-/m1/s1. The third kappa shape index (κ3) is 3.99. The molecular weight excluding hydrogens is 334 g/mol. The van der Waals surface area contributed by atoms with E-state index in [1.165, 1.54) is 16.8 Å². The molecule has 1 N–H and O–H groups in total. The Bertz CT molecular complexity index is 876. The van der Waals surface area contributed by atoms with Crippen LogP contribution in [0.25, 0.3) is 11.1 Å². The van der Waals surface area contributed by atoms with Gasteiger partial charge in [0, 0.05) is 18.3 Å². The fourth-order valence-corrected chi connectivity index (χ4v) is 3.75. The zero-order valence-corrected chi connectivity index (χ0v) is 15.6. The number of hydrogen-bond acceptors (Lipinski definition) is 3. The number of hydrogen-bond donors (Lipinski definition) is 1. The summed E-state index contributed by atoms with van der Waals surface area (Å²) < 4.78 is 5.82. The van der Waals surface area contributed by atoms with Crippen LogP contribution < -0.4 is 9.64 Å². The van der Waals surface area contributed by atoms with Crippen LogP contribution in [-0.4, -0.2) is 30.4 Å². The molecule has 0 fully saturated rings. The van der Waals surface area contributed by atoms with Gasteiger partial charge in [0.1, 0.15) is 18.5 Å². The molecule has 0 bridgehead atoms. The van der Waals surface area contributed by atoms with Crippen molar-refractivity contribution >= 4 is 5.69 Å². The van der Waals surface area contributed by atoms with Crippen molar-refractivity contribution in [2.45, 2.75) is 25.5 Å². The van der Waals surface area contributed by atoms with Gasteiger partial charge in [0.2, 0.25) is 0 Å². The van der Waals surface area contributed by atoms with Gasteiger partial charge >= 0.3 is 0 Å². The van der Waals surface area contributed by atoms with E-state index in [1.54, 1.807) is 0 Å². The first-order valence-corrected chi connectivity index (χ1v) is 9.51. The van der Waals surface area contributed by atoms with Crippen LogP contribution in [0.2, 0.25) is 0 Å². The molecule has 3 aromatic carbocycles. The average molecular weight is 359 g/mol. The molecule has 3 nitrogen and oxygen atoms in total. The van der Waals surface area contributed by atoms with Crippen molar-refractivity contribution in [3.63, 3.8) is 0 Å². The SMILES string of the molecule is C[C@@H]1Cc2ccccc2N1C[C@@H](O)COc1ccc(-c2ccccc2)cc1. The number of aliphatic hydroxyl groups is 1. The normalized spacial score (nSPS) is 16.8. The predicted molar refractivity (Wildman–Crippen MR) is 110 cm³/mol. The lowest BCUT2D eigenvalue weighted by Crippen LogP contribution is -2.39. The van der Waals surface area contributed by atoms with Gasteiger partial charge in [-0.1, -0.05) is 60.7 Å². The Hall–Kier alpha value is -2.78. The maximum absolute atomic E-state index is 10.5. The van der Waals surface area contributed by atoms with Crippen LogP contribution in [0.1, 0.15) is 12.5 Å². The second kappa shape index (κ2) is 7.85. The number of β-amino-alcohol motifs (C(OH)–C–C–N with tert-alkyl or cyclic N) is 1. The summed E-state index contributed by atoms with van der Waals surface area (Å²) in [7, 11) is 0. The highest BCUT2D eigenvalue weighted by Crippen LogP contribution is 2.31. The maximum Gasteiger partial charge on any atom is 0.119 e. The van der Waals surface area contributed by atoms with Crippen molar-refractivity contribution in [1.82, 2.24) is 0 Å². The first kappa shape index (κ1) is 17.6. The molecule has 0 amide bonds. The van der Waals surface area contributed by atoms with E-state index in [-0.39, 0.29) is 6.61 Å². The minimum atomic E-state index is -0.535. The number of para-hydroxylation sites is 1. The lowest BCUT2D eigenvalue weighted by molar-refractivity contribution is 0.111. The number of ether oxygens (including phenoxy) is 1. The van der Waals surface area contributed by atoms with Gasteiger partial charge in [-0.25, -0.2) is 0 Å². The maximum atomic E-state index is 10.5. The second-order valence-electron chi connectivity index (χ2n) is 7.19. The summed E-state index contributed by atoms with van der Waals surface area (Å²) in [5.74, 6) is 0.781. The number of nitrogens with zero attached hydrogens (tertiary/aromatic N) is 1. The quantitative estimate of drug-likeness (QED) is 0.701. The molecule has 0 radical (unpaired) electrons. The van der Waals surface area contributed by atoms with Crippen molar-refractivity contribution in [2.75, 3.05) is 18.1 Å². The molecular formula is C24H25NO2. The molecule has 1 heterocycles. The monoisotopic (exact) mass is 359 g/mol. The van der Waals surface area contributed by atoms with E-state index in [2.05, 4.69) is 60.4 Å². The van der Waals surface area contributed by atoms with Crippen molar-refractivity contribution in [2.24, 2.45) is 0 Å². The third-order valence-electron chi connectivity index (χ3n) is 5.16. The van der Waals surface area contributed by atoms with Gasteiger partial charge in [0.05, 0.1) is 0 Å². The fraction of sp³-hybridized carbons (Fsp3) is 0.250. The Balaban J connectivity index is 1.34. The molecule has 0 unspecified atom stereocenters. The summed E-state index contributed by atoms with van der Waals surface area (Å²) in [5.41, 5.74) is 4.93. The molecule has 3 aromatic rings. The van der Waals surface area contributed by atoms with Gasteiger partial charge in [0.25, 0.3) is 0 Å². The van der Waals surface area contributed by atoms with E-state index >= 15 is 0 Å². The summed E-state index contributed by atoms with van der Waals surface area (Å²) >= 11 is 0. The Morgan fingerprint density at radius 3 is 2.37 bits per heavy atom. The molecule has 0 saturated heterocycles. The van der Waals surface area contributed by atoms with Crippen molar-refractivity contribution in [3.05, 3.63) is 84.4 Å². The first-order valence-electron chi connectivity index (χ1n) is 9.51. The highest BCUT2D eigenvalue weighted by molar-refractivity contribution is 5.64. The molecule has 1 aliphatic heterocycles. The van der Waals surface area contributed by atoms with Crippen LogP contribution in [0.5, 0.6) is 5.75 Å². The molecule has 0 saturated carbocycles. The summed E-state index contributed by atoms with van der Waals surface area (Å²) in [6.45, 7) is 3.08. The number of fused-ring (bicyclic) bond motifs is 1. The Kier molecular flexibility index (Phi) is 5.12. The average Bonchev–Trinajstić information content (AvgIpc) is 3.03. The van der Waals surface area contributed by atoms with E-state index in [0.29, 0.717) is 12.6 Å². The fourth-order valence-electron chi connectivity index (χ4n) is 3.75. The lowest BCUT2D eigenvalue weighted by atomic mass is 10.1. The van der Waals surface area contributed by atoms with Gasteiger partial charge in [-0.05, 0) is 48.2 Å². The van der Waals surface area contributed by atoms with Crippen LogP contribution in [0.15, 0.2) is 78.9 Å².